The summed E-state index contributed by atoms with van der Waals surface area (Å²) in [5, 5.41) is 0. The maximum absolute atomic E-state index is 5.49. The van der Waals surface area contributed by atoms with E-state index >= 15 is 0 Å². The lowest BCUT2D eigenvalue weighted by molar-refractivity contribution is 0.923. The molecular weight excluding hydrogens is 252 g/mol. The summed E-state index contributed by atoms with van der Waals surface area (Å²) < 4.78 is 1.88. The van der Waals surface area contributed by atoms with Crippen molar-refractivity contribution in [3.05, 3.63) is 54.6 Å². The lowest BCUT2D eigenvalue weighted by atomic mass is 10.2. The number of imidazole rings is 1. The van der Waals surface area contributed by atoms with Gasteiger partial charge in [-0.25, -0.2) is 20.8 Å². The third-order valence-electron chi connectivity index (χ3n) is 2.97. The van der Waals surface area contributed by atoms with Crippen molar-refractivity contribution in [1.82, 2.24) is 19.5 Å². The summed E-state index contributed by atoms with van der Waals surface area (Å²) in [5.74, 6) is 8.24. The van der Waals surface area contributed by atoms with Gasteiger partial charge >= 0.3 is 0 Å². The zero-order chi connectivity index (χ0) is 13.9. The quantitative estimate of drug-likeness (QED) is 0.559. The maximum atomic E-state index is 5.49. The number of nitrogens with zero attached hydrogens (tertiary/aromatic N) is 4. The van der Waals surface area contributed by atoms with E-state index in [9.17, 15) is 0 Å². The fraction of sp³-hybridized carbons (Fsp3) is 0.0714. The Balaban J connectivity index is 2.15. The van der Waals surface area contributed by atoms with Crippen LogP contribution in [0.5, 0.6) is 0 Å². The molecule has 0 fully saturated rings. The number of hydrogen-bond acceptors (Lipinski definition) is 5. The van der Waals surface area contributed by atoms with Gasteiger partial charge in [0.15, 0.2) is 5.82 Å². The Kier molecular flexibility index (Phi) is 3.14. The average Bonchev–Trinajstić information content (AvgIpc) is 2.94. The van der Waals surface area contributed by atoms with Crippen molar-refractivity contribution in [3.63, 3.8) is 0 Å². The number of nitrogens with one attached hydrogen (secondary N) is 1. The molecule has 0 saturated carbocycles. The van der Waals surface area contributed by atoms with E-state index in [0.29, 0.717) is 11.6 Å². The SMILES string of the molecule is Cc1nccn1-c1cc(NN)nc(-c2ccccc2)n1. The molecule has 6 nitrogen and oxygen atoms in total. The molecule has 3 aromatic rings. The van der Waals surface area contributed by atoms with Crippen molar-refractivity contribution < 1.29 is 0 Å². The highest BCUT2D eigenvalue weighted by Crippen LogP contribution is 2.19. The number of nitrogen functional groups attached to an aromatic ring is 1. The van der Waals surface area contributed by atoms with Crippen molar-refractivity contribution in [2.45, 2.75) is 6.92 Å². The fourth-order valence-electron chi connectivity index (χ4n) is 1.97. The molecule has 3 N–H and O–H groups in total. The van der Waals surface area contributed by atoms with Gasteiger partial charge in [0.25, 0.3) is 0 Å². The topological polar surface area (TPSA) is 81.7 Å². The van der Waals surface area contributed by atoms with Gasteiger partial charge in [-0.05, 0) is 6.92 Å². The van der Waals surface area contributed by atoms with E-state index in [2.05, 4.69) is 20.4 Å². The average molecular weight is 266 g/mol. The van der Waals surface area contributed by atoms with Crippen LogP contribution in [0, 0.1) is 6.92 Å². The molecule has 0 amide bonds. The highest BCUT2D eigenvalue weighted by atomic mass is 15.3. The molecule has 20 heavy (non-hydrogen) atoms. The summed E-state index contributed by atoms with van der Waals surface area (Å²) in [7, 11) is 0. The third kappa shape index (κ3) is 2.24. The van der Waals surface area contributed by atoms with E-state index in [4.69, 9.17) is 5.84 Å². The van der Waals surface area contributed by atoms with Gasteiger partial charge < -0.3 is 5.43 Å². The highest BCUT2D eigenvalue weighted by molar-refractivity contribution is 5.59. The highest BCUT2D eigenvalue weighted by Gasteiger charge is 2.09. The largest absolute Gasteiger partial charge is 0.308 e. The third-order valence-corrected chi connectivity index (χ3v) is 2.97. The van der Waals surface area contributed by atoms with Crippen LogP contribution in [-0.4, -0.2) is 19.5 Å². The molecule has 0 spiro atoms. The van der Waals surface area contributed by atoms with Crippen LogP contribution in [-0.2, 0) is 0 Å². The van der Waals surface area contributed by atoms with E-state index in [1.807, 2.05) is 48.0 Å². The first-order valence-electron chi connectivity index (χ1n) is 6.19. The van der Waals surface area contributed by atoms with Gasteiger partial charge in [0.1, 0.15) is 17.5 Å². The number of hydrazine groups is 1. The van der Waals surface area contributed by atoms with E-state index in [1.54, 1.807) is 12.3 Å². The number of rotatable bonds is 3. The molecule has 0 radical (unpaired) electrons. The molecule has 3 rings (SSSR count). The van der Waals surface area contributed by atoms with Crippen LogP contribution in [0.1, 0.15) is 5.82 Å². The summed E-state index contributed by atoms with van der Waals surface area (Å²) in [6.45, 7) is 1.92. The lowest BCUT2D eigenvalue weighted by Gasteiger charge is -2.09. The molecule has 2 heterocycles. The van der Waals surface area contributed by atoms with Gasteiger partial charge in [0, 0.05) is 24.0 Å². The summed E-state index contributed by atoms with van der Waals surface area (Å²) >= 11 is 0. The minimum Gasteiger partial charge on any atom is -0.308 e. The summed E-state index contributed by atoms with van der Waals surface area (Å²) in [6, 6.07) is 11.5. The Bertz CT molecular complexity index is 720. The fourth-order valence-corrected chi connectivity index (χ4v) is 1.97. The Morgan fingerprint density at radius 3 is 2.60 bits per heavy atom. The van der Waals surface area contributed by atoms with Crippen LogP contribution in [0.3, 0.4) is 0 Å². The Hall–Kier alpha value is -2.73. The molecule has 0 atom stereocenters. The summed E-state index contributed by atoms with van der Waals surface area (Å²) in [5.41, 5.74) is 3.51. The van der Waals surface area contributed by atoms with E-state index in [0.717, 1.165) is 17.2 Å². The predicted molar refractivity (Wildman–Crippen MR) is 77.1 cm³/mol. The van der Waals surface area contributed by atoms with Gasteiger partial charge in [-0.15, -0.1) is 0 Å². The maximum Gasteiger partial charge on any atom is 0.163 e. The van der Waals surface area contributed by atoms with Crippen molar-refractivity contribution >= 4 is 5.82 Å². The lowest BCUT2D eigenvalue weighted by Crippen LogP contribution is -2.11. The van der Waals surface area contributed by atoms with Crippen LogP contribution in [0.2, 0.25) is 0 Å². The number of aryl methyl sites for hydroxylation is 1. The number of nitrogens with two attached hydrogens (primary N) is 1. The normalized spacial score (nSPS) is 10.5. The summed E-state index contributed by atoms with van der Waals surface area (Å²) in [4.78, 5) is 13.2. The second-order valence-electron chi connectivity index (χ2n) is 4.29. The zero-order valence-corrected chi connectivity index (χ0v) is 11.0. The number of benzene rings is 1. The molecule has 2 aromatic heterocycles. The van der Waals surface area contributed by atoms with Gasteiger partial charge in [0.05, 0.1) is 0 Å². The molecule has 0 bridgehead atoms. The molecule has 0 unspecified atom stereocenters. The molecule has 1 aromatic carbocycles. The Labute approximate surface area is 116 Å². The smallest absolute Gasteiger partial charge is 0.163 e. The molecule has 0 aliphatic carbocycles. The Morgan fingerprint density at radius 1 is 1.15 bits per heavy atom. The van der Waals surface area contributed by atoms with Crippen LogP contribution < -0.4 is 11.3 Å². The molecule has 0 aliphatic heterocycles. The standard InChI is InChI=1S/C14H14N6/c1-10-16-7-8-20(10)13-9-12(19-15)17-14(18-13)11-5-3-2-4-6-11/h2-9H,15H2,1H3,(H,17,18,19). The van der Waals surface area contributed by atoms with E-state index < -0.39 is 0 Å². The Morgan fingerprint density at radius 2 is 1.95 bits per heavy atom. The zero-order valence-electron chi connectivity index (χ0n) is 11.0. The van der Waals surface area contributed by atoms with Gasteiger partial charge in [-0.2, -0.15) is 0 Å². The molecule has 0 saturated heterocycles. The van der Waals surface area contributed by atoms with Crippen molar-refractivity contribution in [3.8, 4) is 17.2 Å². The van der Waals surface area contributed by atoms with Crippen LogP contribution in [0.25, 0.3) is 17.2 Å². The van der Waals surface area contributed by atoms with Crippen LogP contribution >= 0.6 is 0 Å². The molecule has 0 aliphatic rings. The van der Waals surface area contributed by atoms with Gasteiger partial charge in [-0.1, -0.05) is 30.3 Å². The van der Waals surface area contributed by atoms with Crippen molar-refractivity contribution in [2.75, 3.05) is 5.43 Å². The van der Waals surface area contributed by atoms with E-state index in [1.165, 1.54) is 0 Å². The van der Waals surface area contributed by atoms with Crippen molar-refractivity contribution in [2.24, 2.45) is 5.84 Å². The van der Waals surface area contributed by atoms with Gasteiger partial charge in [0.2, 0.25) is 0 Å². The molecular formula is C14H14N6. The predicted octanol–water partition coefficient (Wildman–Crippen LogP) is 1.92. The first kappa shape index (κ1) is 12.3. The molecule has 100 valence electrons. The van der Waals surface area contributed by atoms with Crippen molar-refractivity contribution in [1.29, 1.82) is 0 Å². The number of hydrogen-bond donors (Lipinski definition) is 2. The van der Waals surface area contributed by atoms with Gasteiger partial charge in [-0.3, -0.25) is 4.57 Å². The second-order valence-corrected chi connectivity index (χ2v) is 4.29. The minimum absolute atomic E-state index is 0.557. The first-order chi connectivity index (χ1) is 9.78. The summed E-state index contributed by atoms with van der Waals surface area (Å²) in [6.07, 6.45) is 3.59. The minimum atomic E-state index is 0.557. The monoisotopic (exact) mass is 266 g/mol. The number of anilines is 1. The van der Waals surface area contributed by atoms with Crippen LogP contribution in [0.4, 0.5) is 5.82 Å². The number of aromatic nitrogens is 4. The van der Waals surface area contributed by atoms with Crippen LogP contribution in [0.15, 0.2) is 48.8 Å². The van der Waals surface area contributed by atoms with E-state index in [-0.39, 0.29) is 0 Å². The first-order valence-corrected chi connectivity index (χ1v) is 6.19. The second kappa shape index (κ2) is 5.10. The molecule has 6 heteroatoms.